The number of carbonyl (C=O) groups excluding carboxylic acids is 1. The van der Waals surface area contributed by atoms with Crippen molar-refractivity contribution in [2.75, 3.05) is 0 Å². The van der Waals surface area contributed by atoms with Crippen LogP contribution in [0, 0.1) is 0 Å². The number of fused-ring (bicyclic) bond motifs is 1. The number of aliphatic carboxylic acids is 3. The fourth-order valence-corrected chi connectivity index (χ4v) is 7.31. The fraction of sp³-hybridized carbons (Fsp3) is 0.357. The van der Waals surface area contributed by atoms with E-state index >= 15 is 0 Å². The van der Waals surface area contributed by atoms with Gasteiger partial charge in [0.25, 0.3) is 0 Å². The number of aromatic hydroxyl groups is 3. The number of phenolic OH excluding ortho intramolecular Hbond substituents is 3. The molecule has 25 nitrogen and oxygen atoms in total. The number of hydrogen-bond donors (Lipinski definition) is 12. The van der Waals surface area contributed by atoms with Crippen molar-refractivity contribution in [2.45, 2.75) is 92.1 Å². The van der Waals surface area contributed by atoms with Crippen LogP contribution in [0.15, 0.2) is 82.0 Å². The average molecular weight is 945 g/mol. The summed E-state index contributed by atoms with van der Waals surface area (Å²) in [7, 11) is 0. The molecular weight excluding hydrogens is 904 g/mol. The Labute approximate surface area is 373 Å². The zero-order valence-corrected chi connectivity index (χ0v) is 33.8. The van der Waals surface area contributed by atoms with Crippen LogP contribution in [0.5, 0.6) is 23.0 Å². The SMILES string of the molecule is O=C(C=Cc1ccc(O)cc1)O[C@H]1[C@H](O[C@H]2[C@H](Oc3cc(O)c4c(=O)cc(-c5ccc(O)cc5)oc4c3)O[C@H](C(=O)O)[C@@H](O)[C@@H]2O[C@@H]2O[C@H](C(=O)O)[C@@H](O)[C@H](O)[C@H]2O)O[C@H](C(=O)O)[C@@H](O)[C@@H]1O. The molecule has 67 heavy (non-hydrogen) atoms. The van der Waals surface area contributed by atoms with Crippen LogP contribution in [0.1, 0.15) is 5.56 Å². The maximum Gasteiger partial charge on any atom is 0.335 e. The summed E-state index contributed by atoms with van der Waals surface area (Å²) in [5.41, 5.74) is -0.506. The summed E-state index contributed by atoms with van der Waals surface area (Å²) in [6, 6.07) is 13.6. The number of aliphatic hydroxyl groups is 6. The number of aliphatic hydroxyl groups excluding tert-OH is 6. The van der Waals surface area contributed by atoms with Gasteiger partial charge in [0.2, 0.25) is 6.29 Å². The van der Waals surface area contributed by atoms with Crippen LogP contribution in [-0.4, -0.2) is 177 Å². The highest BCUT2D eigenvalue weighted by Gasteiger charge is 2.58. The van der Waals surface area contributed by atoms with Gasteiger partial charge >= 0.3 is 23.9 Å². The molecule has 3 aliphatic rings. The van der Waals surface area contributed by atoms with E-state index in [1.807, 2.05) is 0 Å². The van der Waals surface area contributed by atoms with Gasteiger partial charge < -0.3 is 98.9 Å². The van der Waals surface area contributed by atoms with Gasteiger partial charge in [-0.2, -0.15) is 0 Å². The molecule has 0 saturated carbocycles. The summed E-state index contributed by atoms with van der Waals surface area (Å²) >= 11 is 0. The standard InChI is InChI=1S/C42H40O25/c43-16-6-1-14(2-7-16)3-10-23(47)62-35-28(51)27(50)33(38(56)57)65-41(35)67-36-31(63-40-29(52)25(48)26(49)32(64-40)37(54)55)30(53)34(39(58)59)66-42(36)60-18-11-19(45)24-20(46)13-21(61-22(24)12-18)15-4-8-17(44)9-5-15/h1-13,25-36,40-45,48-53H,(H,54,55)(H,56,57)(H,58,59)/t25-,26-,27-,28-,29+,30-,31-,32-,33-,34-,35+,36+,40+,41-,42+/m0/s1. The fourth-order valence-electron chi connectivity index (χ4n) is 7.31. The van der Waals surface area contributed by atoms with Gasteiger partial charge in [-0.05, 0) is 48.0 Å². The minimum absolute atomic E-state index is 0.0774. The minimum atomic E-state index is -2.51. The normalized spacial score (nSPS) is 32.1. The molecule has 15 atom stereocenters. The molecule has 3 saturated heterocycles. The number of hydrogen-bond acceptors (Lipinski definition) is 22. The van der Waals surface area contributed by atoms with Crippen molar-refractivity contribution in [1.29, 1.82) is 0 Å². The minimum Gasteiger partial charge on any atom is -0.508 e. The number of rotatable bonds is 13. The molecule has 7 rings (SSSR count). The van der Waals surface area contributed by atoms with Crippen LogP contribution in [0.4, 0.5) is 0 Å². The van der Waals surface area contributed by atoms with E-state index in [1.165, 1.54) is 54.6 Å². The molecule has 0 bridgehead atoms. The molecule has 0 aliphatic carbocycles. The third-order valence-electron chi connectivity index (χ3n) is 10.7. The summed E-state index contributed by atoms with van der Waals surface area (Å²) in [5, 5.41) is 125. The monoisotopic (exact) mass is 944 g/mol. The maximum atomic E-state index is 13.2. The molecule has 0 amide bonds. The van der Waals surface area contributed by atoms with Crippen LogP contribution in [-0.2, 0) is 47.6 Å². The Bertz CT molecular complexity index is 2560. The van der Waals surface area contributed by atoms with Crippen molar-refractivity contribution >= 4 is 40.9 Å². The lowest BCUT2D eigenvalue weighted by Gasteiger charge is -2.48. The van der Waals surface area contributed by atoms with Crippen LogP contribution < -0.4 is 10.2 Å². The smallest absolute Gasteiger partial charge is 0.335 e. The molecule has 358 valence electrons. The van der Waals surface area contributed by atoms with E-state index in [0.29, 0.717) is 5.56 Å². The van der Waals surface area contributed by atoms with Crippen molar-refractivity contribution in [3.05, 3.63) is 88.6 Å². The zero-order valence-electron chi connectivity index (χ0n) is 33.8. The zero-order chi connectivity index (χ0) is 48.6. The number of esters is 1. The summed E-state index contributed by atoms with van der Waals surface area (Å²) < 4.78 is 45.1. The number of carbonyl (C=O) groups is 4. The van der Waals surface area contributed by atoms with Gasteiger partial charge in [0.1, 0.15) is 82.5 Å². The largest absolute Gasteiger partial charge is 0.508 e. The van der Waals surface area contributed by atoms with E-state index in [2.05, 4.69) is 0 Å². The highest BCUT2D eigenvalue weighted by Crippen LogP contribution is 2.38. The van der Waals surface area contributed by atoms with Crippen molar-refractivity contribution in [1.82, 2.24) is 0 Å². The summed E-state index contributed by atoms with van der Waals surface area (Å²) in [5.74, 6) is -8.64. The van der Waals surface area contributed by atoms with Crippen molar-refractivity contribution < 1.29 is 118 Å². The number of benzene rings is 3. The summed E-state index contributed by atoms with van der Waals surface area (Å²) in [4.78, 5) is 63.2. The van der Waals surface area contributed by atoms with E-state index in [1.54, 1.807) is 0 Å². The second-order valence-electron chi connectivity index (χ2n) is 15.2. The number of carboxylic acid groups (broad SMARTS) is 3. The van der Waals surface area contributed by atoms with Gasteiger partial charge in [-0.15, -0.1) is 0 Å². The Hall–Kier alpha value is -6.75. The van der Waals surface area contributed by atoms with Crippen LogP contribution in [0.3, 0.4) is 0 Å². The molecule has 0 radical (unpaired) electrons. The van der Waals surface area contributed by atoms with Gasteiger partial charge in [-0.3, -0.25) is 4.79 Å². The first-order chi connectivity index (χ1) is 31.7. The lowest BCUT2D eigenvalue weighted by atomic mass is 9.95. The quantitative estimate of drug-likeness (QED) is 0.0507. The van der Waals surface area contributed by atoms with Gasteiger partial charge in [-0.25, -0.2) is 19.2 Å². The highest BCUT2D eigenvalue weighted by atomic mass is 16.8. The Morgan fingerprint density at radius 2 is 1.10 bits per heavy atom. The Kier molecular flexibility index (Phi) is 14.1. The van der Waals surface area contributed by atoms with E-state index in [9.17, 15) is 85.3 Å². The Balaban J connectivity index is 1.31. The third-order valence-corrected chi connectivity index (χ3v) is 10.7. The molecule has 4 aromatic rings. The number of ether oxygens (including phenoxy) is 7. The van der Waals surface area contributed by atoms with E-state index in [0.717, 1.165) is 24.3 Å². The molecular formula is C42H40O25. The maximum absolute atomic E-state index is 13.2. The van der Waals surface area contributed by atoms with Crippen LogP contribution in [0.25, 0.3) is 28.4 Å². The molecule has 3 aliphatic heterocycles. The molecule has 0 unspecified atom stereocenters. The number of carboxylic acids is 3. The first-order valence-corrected chi connectivity index (χ1v) is 19.7. The van der Waals surface area contributed by atoms with E-state index < -0.39 is 138 Å². The molecule has 4 heterocycles. The number of phenols is 3. The molecule has 1 aromatic heterocycles. The van der Waals surface area contributed by atoms with E-state index in [-0.39, 0.29) is 28.4 Å². The average Bonchev–Trinajstić information content (AvgIpc) is 3.27. The van der Waals surface area contributed by atoms with Gasteiger partial charge in [0, 0.05) is 29.8 Å². The van der Waals surface area contributed by atoms with Gasteiger partial charge in [-0.1, -0.05) is 12.1 Å². The summed E-state index contributed by atoms with van der Waals surface area (Å²) in [6.07, 6.45) is -33.4. The van der Waals surface area contributed by atoms with Crippen LogP contribution in [0.2, 0.25) is 0 Å². The molecule has 12 N–H and O–H groups in total. The molecule has 3 fully saturated rings. The van der Waals surface area contributed by atoms with Crippen molar-refractivity contribution in [3.8, 4) is 34.3 Å². The van der Waals surface area contributed by atoms with Crippen molar-refractivity contribution in [3.63, 3.8) is 0 Å². The van der Waals surface area contributed by atoms with Crippen LogP contribution >= 0.6 is 0 Å². The summed E-state index contributed by atoms with van der Waals surface area (Å²) in [6.45, 7) is 0. The Morgan fingerprint density at radius 3 is 1.72 bits per heavy atom. The second-order valence-corrected chi connectivity index (χ2v) is 15.2. The highest BCUT2D eigenvalue weighted by molar-refractivity contribution is 5.87. The van der Waals surface area contributed by atoms with Crippen molar-refractivity contribution in [2.24, 2.45) is 0 Å². The Morgan fingerprint density at radius 1 is 0.567 bits per heavy atom. The van der Waals surface area contributed by atoms with Gasteiger partial charge in [0.05, 0.1) is 0 Å². The predicted octanol–water partition coefficient (Wildman–Crippen LogP) is -2.05. The lowest BCUT2D eigenvalue weighted by molar-refractivity contribution is -0.377. The topological polar surface area (TPSA) is 406 Å². The predicted molar refractivity (Wildman–Crippen MR) is 214 cm³/mol. The first kappa shape index (κ1) is 48.2. The molecule has 25 heteroatoms. The lowest BCUT2D eigenvalue weighted by Crippen LogP contribution is -2.68. The first-order valence-electron chi connectivity index (χ1n) is 19.7. The third kappa shape index (κ3) is 10.2. The second kappa shape index (κ2) is 19.6. The van der Waals surface area contributed by atoms with Gasteiger partial charge in [0.15, 0.2) is 48.5 Å². The molecule has 0 spiro atoms. The molecule has 3 aromatic carbocycles. The van der Waals surface area contributed by atoms with E-state index in [4.69, 9.17) is 37.6 Å².